The molecule has 1 aromatic carbocycles. The summed E-state index contributed by atoms with van der Waals surface area (Å²) in [5, 5.41) is 7.95. The van der Waals surface area contributed by atoms with Crippen LogP contribution in [-0.2, 0) is 10.2 Å². The van der Waals surface area contributed by atoms with Crippen LogP contribution in [0.5, 0.6) is 5.75 Å². The van der Waals surface area contributed by atoms with Crippen molar-refractivity contribution in [3.63, 3.8) is 0 Å². The van der Waals surface area contributed by atoms with Crippen molar-refractivity contribution in [1.82, 2.24) is 4.98 Å². The number of aromatic nitrogens is 1. The van der Waals surface area contributed by atoms with Crippen LogP contribution in [0.25, 0.3) is 10.9 Å². The van der Waals surface area contributed by atoms with Gasteiger partial charge in [-0.3, -0.25) is 5.73 Å². The van der Waals surface area contributed by atoms with Crippen molar-refractivity contribution in [2.75, 3.05) is 13.3 Å². The molecule has 0 radical (unpaired) electrons. The van der Waals surface area contributed by atoms with Gasteiger partial charge in [-0.05, 0) is 41.7 Å². The SMILES string of the molecule is C=N/N=C(\OCN)c1cc(C)c2cc(OCC(F)(F)F)cc(C(C)(C)C)c2n1.CC. The Labute approximate surface area is 175 Å². The molecule has 2 aromatic rings. The highest BCUT2D eigenvalue weighted by atomic mass is 19.4. The predicted molar refractivity (Wildman–Crippen MR) is 114 cm³/mol. The lowest BCUT2D eigenvalue weighted by Gasteiger charge is -2.23. The van der Waals surface area contributed by atoms with E-state index < -0.39 is 18.2 Å². The third kappa shape index (κ3) is 6.69. The first-order valence-corrected chi connectivity index (χ1v) is 9.48. The number of nitrogens with zero attached hydrogens (tertiary/aromatic N) is 3. The highest BCUT2D eigenvalue weighted by Crippen LogP contribution is 2.35. The van der Waals surface area contributed by atoms with Gasteiger partial charge in [0.2, 0.25) is 0 Å². The Morgan fingerprint density at radius 3 is 2.30 bits per heavy atom. The van der Waals surface area contributed by atoms with E-state index in [-0.39, 0.29) is 18.4 Å². The fourth-order valence-corrected chi connectivity index (χ4v) is 2.69. The van der Waals surface area contributed by atoms with Crippen LogP contribution in [0.1, 0.15) is 51.4 Å². The molecule has 2 N–H and O–H groups in total. The van der Waals surface area contributed by atoms with Crippen molar-refractivity contribution in [2.24, 2.45) is 15.9 Å². The van der Waals surface area contributed by atoms with Crippen LogP contribution in [0.3, 0.4) is 0 Å². The minimum atomic E-state index is -4.42. The number of ether oxygens (including phenoxy) is 2. The number of fused-ring (bicyclic) bond motifs is 1. The minimum Gasteiger partial charge on any atom is -0.484 e. The smallest absolute Gasteiger partial charge is 0.422 e. The number of pyridine rings is 1. The Morgan fingerprint density at radius 2 is 1.80 bits per heavy atom. The van der Waals surface area contributed by atoms with E-state index >= 15 is 0 Å². The summed E-state index contributed by atoms with van der Waals surface area (Å²) in [6.45, 7) is 13.5. The van der Waals surface area contributed by atoms with Crippen LogP contribution in [0.15, 0.2) is 28.4 Å². The van der Waals surface area contributed by atoms with Crippen LogP contribution in [0.2, 0.25) is 0 Å². The normalized spacial score (nSPS) is 12.3. The summed E-state index contributed by atoms with van der Waals surface area (Å²) in [5.74, 6) is 0.243. The van der Waals surface area contributed by atoms with E-state index in [1.807, 2.05) is 41.5 Å². The standard InChI is InChI=1S/C19H23F3N4O2.C2H6/c1-11-6-15(17(26-24-5)28-10-23)25-16-13(11)7-12(27-9-19(20,21)22)8-14(16)18(2,3)4;1-2/h6-8H,5,9-10,23H2,1-4H3;1-2H3/b26-17-;. The van der Waals surface area contributed by atoms with Crippen molar-refractivity contribution >= 4 is 23.5 Å². The van der Waals surface area contributed by atoms with Crippen molar-refractivity contribution in [2.45, 2.75) is 53.1 Å². The molecule has 9 heteroatoms. The monoisotopic (exact) mass is 426 g/mol. The van der Waals surface area contributed by atoms with E-state index in [9.17, 15) is 13.2 Å². The number of halogens is 3. The zero-order valence-corrected chi connectivity index (χ0v) is 18.2. The lowest BCUT2D eigenvalue weighted by molar-refractivity contribution is -0.153. The molecule has 0 bridgehead atoms. The van der Waals surface area contributed by atoms with Gasteiger partial charge in [0.25, 0.3) is 5.90 Å². The van der Waals surface area contributed by atoms with Crippen LogP contribution >= 0.6 is 0 Å². The summed E-state index contributed by atoms with van der Waals surface area (Å²) in [4.78, 5) is 4.61. The minimum absolute atomic E-state index is 0.111. The van der Waals surface area contributed by atoms with Crippen molar-refractivity contribution in [3.8, 4) is 5.75 Å². The summed E-state index contributed by atoms with van der Waals surface area (Å²) in [5.41, 5.74) is 7.53. The summed E-state index contributed by atoms with van der Waals surface area (Å²) >= 11 is 0. The van der Waals surface area contributed by atoms with Gasteiger partial charge in [0.1, 0.15) is 18.2 Å². The van der Waals surface area contributed by atoms with E-state index in [4.69, 9.17) is 15.2 Å². The first-order valence-electron chi connectivity index (χ1n) is 9.48. The summed E-state index contributed by atoms with van der Waals surface area (Å²) in [6.07, 6.45) is -4.42. The van der Waals surface area contributed by atoms with E-state index in [0.717, 1.165) is 11.1 Å². The molecule has 30 heavy (non-hydrogen) atoms. The molecule has 0 aliphatic rings. The number of alkyl halides is 3. The lowest BCUT2D eigenvalue weighted by Crippen LogP contribution is -2.20. The maximum atomic E-state index is 12.6. The van der Waals surface area contributed by atoms with Crippen molar-refractivity contribution in [3.05, 3.63) is 35.0 Å². The first-order chi connectivity index (χ1) is 14.0. The van der Waals surface area contributed by atoms with Gasteiger partial charge >= 0.3 is 6.18 Å². The third-order valence-electron chi connectivity index (χ3n) is 3.90. The number of rotatable bonds is 5. The molecule has 0 unspecified atom stereocenters. The molecule has 0 fully saturated rings. The van der Waals surface area contributed by atoms with Gasteiger partial charge in [-0.15, -0.1) is 5.10 Å². The Morgan fingerprint density at radius 1 is 1.17 bits per heavy atom. The molecule has 0 saturated heterocycles. The maximum absolute atomic E-state index is 12.6. The van der Waals surface area contributed by atoms with Gasteiger partial charge in [0, 0.05) is 12.1 Å². The van der Waals surface area contributed by atoms with E-state index in [2.05, 4.69) is 21.9 Å². The van der Waals surface area contributed by atoms with E-state index in [0.29, 0.717) is 16.6 Å². The first kappa shape index (κ1) is 25.4. The molecule has 0 amide bonds. The Hall–Kier alpha value is -2.68. The largest absolute Gasteiger partial charge is 0.484 e. The molecule has 166 valence electrons. The van der Waals surface area contributed by atoms with Crippen LogP contribution in [0, 0.1) is 6.92 Å². The van der Waals surface area contributed by atoms with Gasteiger partial charge < -0.3 is 9.47 Å². The molecular weight excluding hydrogens is 397 g/mol. The van der Waals surface area contributed by atoms with Gasteiger partial charge in [0.05, 0.1) is 5.52 Å². The molecule has 0 aliphatic carbocycles. The average Bonchev–Trinajstić information content (AvgIpc) is 2.66. The van der Waals surface area contributed by atoms with Crippen LogP contribution < -0.4 is 10.5 Å². The molecule has 0 aliphatic heterocycles. The Balaban J connectivity index is 0.00000218. The van der Waals surface area contributed by atoms with Crippen molar-refractivity contribution in [1.29, 1.82) is 0 Å². The van der Waals surface area contributed by atoms with Crippen molar-refractivity contribution < 1.29 is 22.6 Å². The topological polar surface area (TPSA) is 82.1 Å². The Kier molecular flexibility index (Phi) is 8.77. The number of benzene rings is 1. The molecular formula is C21H29F3N4O2. The molecule has 1 aromatic heterocycles. The molecule has 0 atom stereocenters. The Bertz CT molecular complexity index is 904. The van der Waals surface area contributed by atoms with Crippen LogP contribution in [-0.4, -0.2) is 37.1 Å². The number of hydrogen-bond acceptors (Lipinski definition) is 6. The van der Waals surface area contributed by atoms with E-state index in [1.54, 1.807) is 18.2 Å². The van der Waals surface area contributed by atoms with Gasteiger partial charge in [-0.25, -0.2) is 4.98 Å². The van der Waals surface area contributed by atoms with Gasteiger partial charge in [0.15, 0.2) is 6.61 Å². The second kappa shape index (κ2) is 10.4. The van der Waals surface area contributed by atoms with Gasteiger partial charge in [-0.1, -0.05) is 34.6 Å². The molecule has 0 spiro atoms. The number of nitrogens with two attached hydrogens (primary N) is 1. The zero-order chi connectivity index (χ0) is 23.1. The second-order valence-electron chi connectivity index (χ2n) is 7.20. The maximum Gasteiger partial charge on any atom is 0.422 e. The molecule has 0 saturated carbocycles. The fraction of sp³-hybridized carbons (Fsp3) is 0.476. The predicted octanol–water partition coefficient (Wildman–Crippen LogP) is 5.10. The highest BCUT2D eigenvalue weighted by molar-refractivity contribution is 5.97. The third-order valence-corrected chi connectivity index (χ3v) is 3.90. The quantitative estimate of drug-likeness (QED) is 0.312. The second-order valence-corrected chi connectivity index (χ2v) is 7.20. The van der Waals surface area contributed by atoms with Crippen LogP contribution in [0.4, 0.5) is 13.2 Å². The van der Waals surface area contributed by atoms with E-state index in [1.165, 1.54) is 0 Å². The highest BCUT2D eigenvalue weighted by Gasteiger charge is 2.29. The number of aryl methyl sites for hydroxylation is 1. The summed E-state index contributed by atoms with van der Waals surface area (Å²) in [6, 6.07) is 4.83. The summed E-state index contributed by atoms with van der Waals surface area (Å²) in [7, 11) is 0. The zero-order valence-electron chi connectivity index (χ0n) is 18.2. The average molecular weight is 426 g/mol. The molecule has 6 nitrogen and oxygen atoms in total. The molecule has 1 heterocycles. The fourth-order valence-electron chi connectivity index (χ4n) is 2.69. The lowest BCUT2D eigenvalue weighted by atomic mass is 9.84. The van der Waals surface area contributed by atoms with Gasteiger partial charge in [-0.2, -0.15) is 18.3 Å². The number of hydrogen-bond donors (Lipinski definition) is 1. The molecule has 2 rings (SSSR count). The summed E-state index contributed by atoms with van der Waals surface area (Å²) < 4.78 is 48.0.